The summed E-state index contributed by atoms with van der Waals surface area (Å²) in [6.07, 6.45) is -3.74. The second kappa shape index (κ2) is 8.07. The molecule has 35 heavy (non-hydrogen) atoms. The average Bonchev–Trinajstić information content (AvgIpc) is 2.78. The van der Waals surface area contributed by atoms with E-state index >= 15 is 0 Å². The molecule has 0 saturated heterocycles. The van der Waals surface area contributed by atoms with Crippen molar-refractivity contribution in [2.45, 2.75) is 38.1 Å². The summed E-state index contributed by atoms with van der Waals surface area (Å²) in [4.78, 5) is 19.6. The van der Waals surface area contributed by atoms with Crippen LogP contribution in [0.25, 0.3) is 22.2 Å². The number of nitrogens with zero attached hydrogens (tertiary/aromatic N) is 2. The Labute approximate surface area is 196 Å². The van der Waals surface area contributed by atoms with Crippen LogP contribution in [0.3, 0.4) is 0 Å². The summed E-state index contributed by atoms with van der Waals surface area (Å²) >= 11 is 0. The van der Waals surface area contributed by atoms with E-state index in [1.54, 1.807) is 12.1 Å². The van der Waals surface area contributed by atoms with Crippen LogP contribution in [-0.2, 0) is 12.6 Å². The summed E-state index contributed by atoms with van der Waals surface area (Å²) in [6.45, 7) is 3.65. The molecule has 1 atom stereocenters. The predicted octanol–water partition coefficient (Wildman–Crippen LogP) is 5.57. The Hall–Kier alpha value is -3.95. The summed E-state index contributed by atoms with van der Waals surface area (Å²) in [7, 11) is 0. The zero-order valence-corrected chi connectivity index (χ0v) is 18.5. The van der Waals surface area contributed by atoms with Crippen LogP contribution in [0.1, 0.15) is 25.0 Å². The minimum Gasteiger partial charge on any atom is -0.484 e. The molecule has 1 aliphatic rings. The summed E-state index contributed by atoms with van der Waals surface area (Å²) in [6, 6.07) is 10.6. The minimum absolute atomic E-state index is 0.0726. The van der Waals surface area contributed by atoms with Gasteiger partial charge in [0, 0.05) is 35.6 Å². The molecule has 0 spiro atoms. The number of hydrogen-bond donors (Lipinski definition) is 0. The highest BCUT2D eigenvalue weighted by atomic mass is 19.4. The molecule has 0 N–H and O–H groups in total. The number of alkyl halides is 3. The lowest BCUT2D eigenvalue weighted by atomic mass is 9.90. The van der Waals surface area contributed by atoms with Crippen molar-refractivity contribution < 1.29 is 31.5 Å². The largest absolute Gasteiger partial charge is 0.484 e. The van der Waals surface area contributed by atoms with Gasteiger partial charge in [-0.3, -0.25) is 0 Å². The number of fused-ring (bicyclic) bond motifs is 2. The highest BCUT2D eigenvalue weighted by Crippen LogP contribution is 2.38. The van der Waals surface area contributed by atoms with Gasteiger partial charge < -0.3 is 13.9 Å². The molecule has 0 unspecified atom stereocenters. The molecule has 2 aromatic carbocycles. The first-order chi connectivity index (χ1) is 16.5. The minimum atomic E-state index is -4.84. The predicted molar refractivity (Wildman–Crippen MR) is 118 cm³/mol. The molecule has 2 aromatic heterocycles. The third kappa shape index (κ3) is 4.43. The Morgan fingerprint density at radius 1 is 1.06 bits per heavy atom. The Morgan fingerprint density at radius 2 is 1.86 bits per heavy atom. The molecule has 4 aromatic rings. The van der Waals surface area contributed by atoms with Crippen LogP contribution in [0.15, 0.2) is 64.1 Å². The highest BCUT2D eigenvalue weighted by Gasteiger charge is 2.39. The zero-order chi connectivity index (χ0) is 25.0. The van der Waals surface area contributed by atoms with Crippen molar-refractivity contribution in [3.05, 3.63) is 82.2 Å². The van der Waals surface area contributed by atoms with E-state index in [2.05, 4.69) is 9.97 Å². The molecule has 0 bridgehead atoms. The first-order valence-corrected chi connectivity index (χ1v) is 10.6. The first-order valence-electron chi connectivity index (χ1n) is 10.6. The van der Waals surface area contributed by atoms with E-state index < -0.39 is 34.9 Å². The Balaban J connectivity index is 1.45. The fourth-order valence-corrected chi connectivity index (χ4v) is 3.99. The lowest BCUT2D eigenvalue weighted by Crippen LogP contribution is -2.49. The number of ether oxygens (including phenoxy) is 2. The van der Waals surface area contributed by atoms with E-state index in [0.29, 0.717) is 23.8 Å². The van der Waals surface area contributed by atoms with Crippen LogP contribution in [-0.4, -0.2) is 21.7 Å². The standard InChI is InChI=1S/C25H18F4N2O4/c1-24(2)21(9-15-7-14-4-6-23(32)33-19(14)11-20(15)35-24)34-22-10-18(30-12-31-22)13-3-5-17(26)16(8-13)25(27,28)29/h3-8,10-12,21H,9H2,1-2H3/t21-/m0/s1. The molecule has 3 heterocycles. The Bertz CT molecular complexity index is 1500. The molecule has 0 fully saturated rings. The van der Waals surface area contributed by atoms with Gasteiger partial charge in [0.2, 0.25) is 5.88 Å². The summed E-state index contributed by atoms with van der Waals surface area (Å²) in [5.41, 5.74) is -1.20. The molecule has 0 radical (unpaired) electrons. The monoisotopic (exact) mass is 486 g/mol. The van der Waals surface area contributed by atoms with Crippen LogP contribution in [0, 0.1) is 5.82 Å². The Kier molecular flexibility index (Phi) is 5.26. The number of halogens is 4. The SMILES string of the molecule is CC1(C)Oc2cc3oc(=O)ccc3cc2C[C@@H]1Oc1cc(-c2ccc(F)c(C(F)(F)F)c2)ncn1. The number of rotatable bonds is 3. The van der Waals surface area contributed by atoms with Gasteiger partial charge >= 0.3 is 11.8 Å². The summed E-state index contributed by atoms with van der Waals surface area (Å²) < 4.78 is 70.5. The molecule has 0 saturated carbocycles. The second-order valence-electron chi connectivity index (χ2n) is 8.70. The van der Waals surface area contributed by atoms with Crippen LogP contribution in [0.4, 0.5) is 17.6 Å². The lowest BCUT2D eigenvalue weighted by Gasteiger charge is -2.39. The number of hydrogen-bond acceptors (Lipinski definition) is 6. The van der Waals surface area contributed by atoms with Gasteiger partial charge in [0.15, 0.2) is 0 Å². The van der Waals surface area contributed by atoms with Crippen molar-refractivity contribution in [3.63, 3.8) is 0 Å². The lowest BCUT2D eigenvalue weighted by molar-refractivity contribution is -0.139. The van der Waals surface area contributed by atoms with Gasteiger partial charge in [-0.15, -0.1) is 0 Å². The van der Waals surface area contributed by atoms with Crippen molar-refractivity contribution in [2.24, 2.45) is 0 Å². The van der Waals surface area contributed by atoms with E-state index in [1.165, 1.54) is 24.5 Å². The summed E-state index contributed by atoms with van der Waals surface area (Å²) in [5, 5.41) is 0.728. The van der Waals surface area contributed by atoms with Crippen molar-refractivity contribution in [1.82, 2.24) is 9.97 Å². The molecule has 180 valence electrons. The normalized spacial score (nSPS) is 17.0. The maximum absolute atomic E-state index is 13.7. The number of benzene rings is 2. The van der Waals surface area contributed by atoms with E-state index in [4.69, 9.17) is 13.9 Å². The summed E-state index contributed by atoms with van der Waals surface area (Å²) in [5.74, 6) is -0.672. The molecule has 6 nitrogen and oxygen atoms in total. The van der Waals surface area contributed by atoms with Crippen molar-refractivity contribution in [3.8, 4) is 22.9 Å². The smallest absolute Gasteiger partial charge is 0.419 e. The van der Waals surface area contributed by atoms with Crippen molar-refractivity contribution in [2.75, 3.05) is 0 Å². The molecule has 0 amide bonds. The van der Waals surface area contributed by atoms with E-state index in [9.17, 15) is 22.4 Å². The molecular weight excluding hydrogens is 468 g/mol. The maximum atomic E-state index is 13.7. The van der Waals surface area contributed by atoms with Gasteiger partial charge in [0.05, 0.1) is 11.3 Å². The first kappa shape index (κ1) is 22.8. The van der Waals surface area contributed by atoms with Gasteiger partial charge in [-0.2, -0.15) is 13.2 Å². The second-order valence-corrected chi connectivity index (χ2v) is 8.70. The van der Waals surface area contributed by atoms with Gasteiger partial charge in [0.1, 0.15) is 35.2 Å². The quantitative estimate of drug-likeness (QED) is 0.279. The van der Waals surface area contributed by atoms with Crippen LogP contribution < -0.4 is 15.1 Å². The third-order valence-corrected chi connectivity index (χ3v) is 5.83. The molecule has 5 rings (SSSR count). The Morgan fingerprint density at radius 3 is 2.63 bits per heavy atom. The third-order valence-electron chi connectivity index (χ3n) is 5.83. The molecule has 0 aliphatic carbocycles. The van der Waals surface area contributed by atoms with Gasteiger partial charge in [-0.1, -0.05) is 0 Å². The molecular formula is C25H18F4N2O4. The van der Waals surface area contributed by atoms with E-state index in [0.717, 1.165) is 17.0 Å². The molecule has 1 aliphatic heterocycles. The van der Waals surface area contributed by atoms with Gasteiger partial charge in [-0.25, -0.2) is 19.2 Å². The van der Waals surface area contributed by atoms with Crippen molar-refractivity contribution in [1.29, 1.82) is 0 Å². The van der Waals surface area contributed by atoms with Crippen LogP contribution in [0.5, 0.6) is 11.6 Å². The van der Waals surface area contributed by atoms with E-state index in [1.807, 2.05) is 19.9 Å². The fourth-order valence-electron chi connectivity index (χ4n) is 3.99. The molecule has 10 heteroatoms. The topological polar surface area (TPSA) is 74.5 Å². The van der Waals surface area contributed by atoms with Crippen LogP contribution >= 0.6 is 0 Å². The van der Waals surface area contributed by atoms with Gasteiger partial charge in [0.25, 0.3) is 0 Å². The van der Waals surface area contributed by atoms with Crippen LogP contribution in [0.2, 0.25) is 0 Å². The van der Waals surface area contributed by atoms with Gasteiger partial charge in [-0.05, 0) is 49.7 Å². The van der Waals surface area contributed by atoms with Crippen molar-refractivity contribution >= 4 is 11.0 Å². The fraction of sp³-hybridized carbons (Fsp3) is 0.240. The average molecular weight is 486 g/mol. The van der Waals surface area contributed by atoms with E-state index in [-0.39, 0.29) is 17.1 Å². The number of aromatic nitrogens is 2. The maximum Gasteiger partial charge on any atom is 0.419 e. The highest BCUT2D eigenvalue weighted by molar-refractivity contribution is 5.79. The zero-order valence-electron chi connectivity index (χ0n) is 18.5.